The largest absolute Gasteiger partial charge is 0.511 e. The Labute approximate surface area is 378 Å². The Hall–Kier alpha value is -6.98. The summed E-state index contributed by atoms with van der Waals surface area (Å²) in [6.07, 6.45) is 1.83. The number of hydrogen-bond acceptors (Lipinski definition) is 15. The van der Waals surface area contributed by atoms with E-state index >= 15 is 0 Å². The van der Waals surface area contributed by atoms with Gasteiger partial charge in [0.1, 0.15) is 45.7 Å². The van der Waals surface area contributed by atoms with E-state index in [-0.39, 0.29) is 72.3 Å². The number of nitrogens with zero attached hydrogens (tertiary/aromatic N) is 1. The quantitative estimate of drug-likeness (QED) is 0.109. The number of aromatic hydroxyl groups is 2. The van der Waals surface area contributed by atoms with Crippen molar-refractivity contribution in [2.75, 3.05) is 14.1 Å². The number of benzene rings is 2. The molecule has 0 bridgehead atoms. The number of ketones is 5. The van der Waals surface area contributed by atoms with Gasteiger partial charge in [0.2, 0.25) is 11.6 Å². The summed E-state index contributed by atoms with van der Waals surface area (Å²) in [7, 11) is 3.21. The van der Waals surface area contributed by atoms with Crippen molar-refractivity contribution < 1.29 is 69.6 Å². The van der Waals surface area contributed by atoms with Gasteiger partial charge < -0.3 is 46.6 Å². The summed E-state index contributed by atoms with van der Waals surface area (Å²) >= 11 is 0. The first-order valence-corrected chi connectivity index (χ1v) is 21.7. The number of nitrogens with two attached hydrogens (primary N) is 1. The van der Waals surface area contributed by atoms with Gasteiger partial charge in [0.15, 0.2) is 28.6 Å². The number of amides is 1. The number of phenolic OH excluding ortho intramolecular Hbond substituents is 2. The third-order valence-corrected chi connectivity index (χ3v) is 14.2. The predicted octanol–water partition coefficient (Wildman–Crippen LogP) is 3.47. The Morgan fingerprint density at radius 3 is 1.68 bits per heavy atom. The molecule has 0 aliphatic heterocycles. The Balaban J connectivity index is 0.969. The fourth-order valence-corrected chi connectivity index (χ4v) is 11.1. The highest BCUT2D eigenvalue weighted by molar-refractivity contribution is 6.26. The van der Waals surface area contributed by atoms with Gasteiger partial charge in [0.05, 0.1) is 17.2 Å². The Morgan fingerprint density at radius 1 is 0.712 bits per heavy atom. The van der Waals surface area contributed by atoms with Crippen molar-refractivity contribution in [3.63, 3.8) is 0 Å². The number of carbonyl (C=O) groups excluding carboxylic acids is 6. The lowest BCUT2D eigenvalue weighted by atomic mass is 9.58. The molecule has 16 nitrogen and oxygen atoms in total. The maximum absolute atomic E-state index is 14.1. The van der Waals surface area contributed by atoms with E-state index < -0.39 is 110 Å². The van der Waals surface area contributed by atoms with Crippen LogP contribution in [0.1, 0.15) is 101 Å². The number of aliphatic hydroxyl groups excluding tert-OH is 4. The second-order valence-electron chi connectivity index (χ2n) is 18.1. The van der Waals surface area contributed by atoms with Gasteiger partial charge in [-0.15, -0.1) is 0 Å². The molecule has 0 radical (unpaired) electrons. The summed E-state index contributed by atoms with van der Waals surface area (Å²) in [5, 5.41) is 89.7. The van der Waals surface area contributed by atoms with Crippen LogP contribution in [0.15, 0.2) is 69.6 Å². The number of likely N-dealkylation sites (N-methyl/N-ethyl adjacent to an activating group) is 1. The number of carbonyl (C=O) groups is 6. The number of primary amides is 1. The molecule has 10 N–H and O–H groups in total. The van der Waals surface area contributed by atoms with Crippen molar-refractivity contribution in [2.45, 2.75) is 88.4 Å². The Morgan fingerprint density at radius 2 is 1.20 bits per heavy atom. The molecule has 7 atom stereocenters. The lowest BCUT2D eigenvalue weighted by Crippen LogP contribution is -2.63. The standard InChI is InChI=1S/C50H48N2O14/c1-4-30(53)38-43(59)40(52(2)3)29-20-25-19-28-23(14-16-32(55)37(28)42(58)35(25)45(61)50(29,66)46(38)62)12-10-8-6-5-7-9-11-22-13-15-31(54)36-27(22)18-24-17-26-21-33(56)39(48(51)64)47(63)49(26,65)44(60)34(24)41(36)57/h13-16,24-26,29,40,54-56,59-61,65-66H,4-8,17-21H2,1-3H3,(H2,51,64)/t24-,25+,26+,29+,40+,49+,50+/m1/s1. The van der Waals surface area contributed by atoms with Gasteiger partial charge in [0.25, 0.3) is 5.91 Å². The minimum absolute atomic E-state index is 0.00465. The van der Waals surface area contributed by atoms with Crippen molar-refractivity contribution in [1.29, 1.82) is 0 Å². The zero-order chi connectivity index (χ0) is 47.9. The van der Waals surface area contributed by atoms with Gasteiger partial charge in [-0.25, -0.2) is 0 Å². The summed E-state index contributed by atoms with van der Waals surface area (Å²) in [4.78, 5) is 81.3. The monoisotopic (exact) mass is 900 g/mol. The summed E-state index contributed by atoms with van der Waals surface area (Å²) in [5.74, 6) is -0.935. The molecule has 6 aliphatic carbocycles. The lowest BCUT2D eigenvalue weighted by molar-refractivity contribution is -0.148. The maximum Gasteiger partial charge on any atom is 0.255 e. The second kappa shape index (κ2) is 16.5. The van der Waals surface area contributed by atoms with Crippen LogP contribution in [0, 0.1) is 47.4 Å². The third kappa shape index (κ3) is 6.65. The van der Waals surface area contributed by atoms with E-state index in [2.05, 4.69) is 23.7 Å². The van der Waals surface area contributed by atoms with E-state index in [1.165, 1.54) is 19.1 Å². The van der Waals surface area contributed by atoms with Gasteiger partial charge >= 0.3 is 0 Å². The van der Waals surface area contributed by atoms with Gasteiger partial charge in [0, 0.05) is 59.8 Å². The molecule has 66 heavy (non-hydrogen) atoms. The maximum atomic E-state index is 14.1. The molecule has 2 aromatic carbocycles. The molecule has 1 amide bonds. The first-order valence-electron chi connectivity index (χ1n) is 21.7. The van der Waals surface area contributed by atoms with E-state index in [1.54, 1.807) is 31.1 Å². The molecule has 0 aromatic heterocycles. The fraction of sp³-hybridized carbons (Fsp3) is 0.400. The highest BCUT2D eigenvalue weighted by atomic mass is 16.4. The average molecular weight is 901 g/mol. The smallest absolute Gasteiger partial charge is 0.255 e. The highest BCUT2D eigenvalue weighted by Gasteiger charge is 2.64. The van der Waals surface area contributed by atoms with Gasteiger partial charge in [-0.2, -0.15) is 0 Å². The molecular weight excluding hydrogens is 853 g/mol. The van der Waals surface area contributed by atoms with Crippen LogP contribution in [0.3, 0.4) is 0 Å². The Bertz CT molecular complexity index is 2880. The predicted molar refractivity (Wildman–Crippen MR) is 233 cm³/mol. The first-order chi connectivity index (χ1) is 31.2. The Kier molecular flexibility index (Phi) is 11.4. The first kappa shape index (κ1) is 45.6. The van der Waals surface area contributed by atoms with Crippen molar-refractivity contribution >= 4 is 34.8 Å². The van der Waals surface area contributed by atoms with Crippen LogP contribution in [-0.4, -0.2) is 112 Å². The number of aliphatic hydroxyl groups is 6. The van der Waals surface area contributed by atoms with E-state index in [0.29, 0.717) is 47.9 Å². The lowest BCUT2D eigenvalue weighted by Gasteiger charge is -2.50. The summed E-state index contributed by atoms with van der Waals surface area (Å²) < 4.78 is 0. The summed E-state index contributed by atoms with van der Waals surface area (Å²) in [5.41, 5.74) is -0.440. The van der Waals surface area contributed by atoms with Crippen molar-refractivity contribution in [3.8, 4) is 35.2 Å². The number of Topliss-reactive ketones (excluding diaryl/α,β-unsaturated/α-hetero) is 5. The van der Waals surface area contributed by atoms with Crippen molar-refractivity contribution in [3.05, 3.63) is 103 Å². The van der Waals surface area contributed by atoms with Crippen LogP contribution in [0.25, 0.3) is 0 Å². The number of hydrogen-bond donors (Lipinski definition) is 9. The minimum atomic E-state index is -2.67. The fourth-order valence-electron chi connectivity index (χ4n) is 11.1. The molecule has 6 aliphatic rings. The minimum Gasteiger partial charge on any atom is -0.511 e. The number of unbranched alkanes of at least 4 members (excludes halogenated alkanes) is 3. The molecule has 0 fully saturated rings. The summed E-state index contributed by atoms with van der Waals surface area (Å²) in [6, 6.07) is 4.73. The zero-order valence-corrected chi connectivity index (χ0v) is 36.3. The number of fused-ring (bicyclic) bond motifs is 6. The molecule has 0 saturated carbocycles. The second-order valence-corrected chi connectivity index (χ2v) is 18.1. The third-order valence-electron chi connectivity index (χ3n) is 14.2. The highest BCUT2D eigenvalue weighted by Crippen LogP contribution is 2.54. The molecule has 16 heteroatoms. The molecule has 0 saturated heterocycles. The topological polar surface area (TPSA) is 294 Å². The molecule has 2 aromatic rings. The van der Waals surface area contributed by atoms with E-state index in [0.717, 1.165) is 0 Å². The van der Waals surface area contributed by atoms with Gasteiger partial charge in [-0.1, -0.05) is 30.6 Å². The number of allylic oxidation sites excluding steroid dienone is 3. The molecule has 342 valence electrons. The van der Waals surface area contributed by atoms with Gasteiger partial charge in [-0.3, -0.25) is 33.7 Å². The van der Waals surface area contributed by atoms with E-state index in [4.69, 9.17) is 5.73 Å². The van der Waals surface area contributed by atoms with Crippen molar-refractivity contribution in [2.24, 2.45) is 29.4 Å². The molecular formula is C50H48N2O14. The van der Waals surface area contributed by atoms with Crippen LogP contribution in [0.5, 0.6) is 11.5 Å². The van der Waals surface area contributed by atoms with Crippen LogP contribution in [-0.2, 0) is 32.0 Å². The molecule has 0 unspecified atom stereocenters. The number of rotatable bonds is 7. The van der Waals surface area contributed by atoms with Gasteiger partial charge in [-0.05, 0) is 99.8 Å². The average Bonchev–Trinajstić information content (AvgIpc) is 3.25. The van der Waals surface area contributed by atoms with Crippen LogP contribution in [0.4, 0.5) is 0 Å². The molecule has 8 rings (SSSR count). The van der Waals surface area contributed by atoms with Crippen LogP contribution in [0.2, 0.25) is 0 Å². The molecule has 0 spiro atoms. The zero-order valence-electron chi connectivity index (χ0n) is 36.3. The van der Waals surface area contributed by atoms with Crippen molar-refractivity contribution in [1.82, 2.24) is 4.90 Å². The SMILES string of the molecule is CCC(=O)C1=C(O)[C@@H](N(C)C)[C@@H]2C[C@@H]3Cc4c(C#CCCCCC#Cc5ccc(O)c6c5C[C@H]5C[C@H]7CC(O)=C(C(N)=O)C(=O)[C@@]7(O)C(O)=C5C6=O)ccc(O)c4C(=O)C3=C(O)[C@]2(O)C1=O. The normalized spacial score (nSPS) is 27.8. The van der Waals surface area contributed by atoms with E-state index in [1.807, 2.05) is 0 Å². The number of phenols is 2. The van der Waals surface area contributed by atoms with Crippen LogP contribution >= 0.6 is 0 Å². The van der Waals surface area contributed by atoms with Crippen LogP contribution < -0.4 is 5.73 Å². The summed E-state index contributed by atoms with van der Waals surface area (Å²) in [6.45, 7) is 1.49. The van der Waals surface area contributed by atoms with E-state index in [9.17, 15) is 69.6 Å². The molecule has 0 heterocycles.